The lowest BCUT2D eigenvalue weighted by Gasteiger charge is -2.03. The van der Waals surface area contributed by atoms with E-state index in [4.69, 9.17) is 39.2 Å². The molecular formula is C18H12Cl3N5OS. The molecule has 0 aliphatic carbocycles. The monoisotopic (exact) mass is 451 g/mol. The molecule has 2 aromatic carbocycles. The third kappa shape index (κ3) is 4.03. The van der Waals surface area contributed by atoms with Crippen molar-refractivity contribution in [2.24, 2.45) is 7.05 Å². The summed E-state index contributed by atoms with van der Waals surface area (Å²) in [5.74, 6) is 2.00. The van der Waals surface area contributed by atoms with Crippen molar-refractivity contribution in [2.75, 3.05) is 0 Å². The molecule has 0 aliphatic heterocycles. The number of thioether (sulfide) groups is 1. The number of aromatic nitrogens is 5. The Kier molecular flexibility index (Phi) is 5.59. The summed E-state index contributed by atoms with van der Waals surface area (Å²) in [5, 5.41) is 19.0. The summed E-state index contributed by atoms with van der Waals surface area (Å²) < 4.78 is 7.62. The maximum absolute atomic E-state index is 6.19. The molecule has 0 unspecified atom stereocenters. The topological polar surface area (TPSA) is 69.6 Å². The van der Waals surface area contributed by atoms with E-state index in [1.54, 1.807) is 18.2 Å². The van der Waals surface area contributed by atoms with E-state index in [-0.39, 0.29) is 0 Å². The first-order valence-electron chi connectivity index (χ1n) is 8.07. The predicted octanol–water partition coefficient (Wildman–Crippen LogP) is 5.78. The van der Waals surface area contributed by atoms with Crippen LogP contribution in [0.4, 0.5) is 0 Å². The van der Waals surface area contributed by atoms with Crippen LogP contribution in [0.25, 0.3) is 22.8 Å². The van der Waals surface area contributed by atoms with Gasteiger partial charge in [0, 0.05) is 22.7 Å². The van der Waals surface area contributed by atoms with E-state index in [1.165, 1.54) is 11.8 Å². The Morgan fingerprint density at radius 3 is 2.43 bits per heavy atom. The summed E-state index contributed by atoms with van der Waals surface area (Å²) in [4.78, 5) is 0. The molecule has 2 heterocycles. The van der Waals surface area contributed by atoms with Crippen molar-refractivity contribution < 1.29 is 4.42 Å². The molecule has 4 aromatic rings. The van der Waals surface area contributed by atoms with Crippen LogP contribution in [0.1, 0.15) is 5.89 Å². The van der Waals surface area contributed by atoms with Crippen molar-refractivity contribution in [3.05, 3.63) is 63.4 Å². The molecule has 0 amide bonds. The predicted molar refractivity (Wildman–Crippen MR) is 111 cm³/mol. The number of hydrogen-bond donors (Lipinski definition) is 0. The molecule has 0 saturated heterocycles. The van der Waals surface area contributed by atoms with Gasteiger partial charge in [0.25, 0.3) is 0 Å². The number of benzene rings is 2. The second-order valence-electron chi connectivity index (χ2n) is 5.79. The Morgan fingerprint density at radius 2 is 1.68 bits per heavy atom. The molecule has 28 heavy (non-hydrogen) atoms. The van der Waals surface area contributed by atoms with Gasteiger partial charge in [0.05, 0.1) is 16.3 Å². The van der Waals surface area contributed by atoms with Gasteiger partial charge >= 0.3 is 0 Å². The molecule has 6 nitrogen and oxygen atoms in total. The third-order valence-electron chi connectivity index (χ3n) is 3.89. The zero-order valence-electron chi connectivity index (χ0n) is 14.4. The highest BCUT2D eigenvalue weighted by Crippen LogP contribution is 2.31. The maximum Gasteiger partial charge on any atom is 0.249 e. The number of rotatable bonds is 5. The van der Waals surface area contributed by atoms with Crippen molar-refractivity contribution in [2.45, 2.75) is 10.9 Å². The van der Waals surface area contributed by atoms with E-state index < -0.39 is 0 Å². The van der Waals surface area contributed by atoms with Gasteiger partial charge < -0.3 is 8.98 Å². The summed E-state index contributed by atoms with van der Waals surface area (Å²) in [6.07, 6.45) is 0. The fourth-order valence-electron chi connectivity index (χ4n) is 2.50. The van der Waals surface area contributed by atoms with E-state index in [1.807, 2.05) is 35.9 Å². The van der Waals surface area contributed by atoms with E-state index in [2.05, 4.69) is 20.4 Å². The zero-order chi connectivity index (χ0) is 19.7. The van der Waals surface area contributed by atoms with Crippen LogP contribution in [0.2, 0.25) is 15.1 Å². The minimum atomic E-state index is 0.345. The van der Waals surface area contributed by atoms with Crippen LogP contribution in [0.5, 0.6) is 0 Å². The standard InChI is InChI=1S/C18H12Cl3N5OS/c1-26-16(10-2-4-11(19)5-3-10)23-25-18(26)28-9-15-22-24-17(27-15)13-7-6-12(20)8-14(13)21/h2-8H,9H2,1H3. The van der Waals surface area contributed by atoms with Crippen molar-refractivity contribution >= 4 is 46.6 Å². The van der Waals surface area contributed by atoms with Gasteiger partial charge in [-0.15, -0.1) is 20.4 Å². The van der Waals surface area contributed by atoms with E-state index in [0.29, 0.717) is 38.2 Å². The van der Waals surface area contributed by atoms with Crippen LogP contribution < -0.4 is 0 Å². The normalized spacial score (nSPS) is 11.1. The van der Waals surface area contributed by atoms with Crippen LogP contribution in [0, 0.1) is 0 Å². The van der Waals surface area contributed by atoms with Crippen LogP contribution >= 0.6 is 46.6 Å². The molecule has 0 N–H and O–H groups in total. The van der Waals surface area contributed by atoms with Crippen molar-refractivity contribution in [3.8, 4) is 22.8 Å². The minimum Gasteiger partial charge on any atom is -0.420 e. The summed E-state index contributed by atoms with van der Waals surface area (Å²) in [6, 6.07) is 12.5. The lowest BCUT2D eigenvalue weighted by molar-refractivity contribution is 0.528. The summed E-state index contributed by atoms with van der Waals surface area (Å²) in [6.45, 7) is 0. The quantitative estimate of drug-likeness (QED) is 0.357. The van der Waals surface area contributed by atoms with E-state index >= 15 is 0 Å². The number of nitrogens with zero attached hydrogens (tertiary/aromatic N) is 5. The third-order valence-corrected chi connectivity index (χ3v) is 5.70. The fourth-order valence-corrected chi connectivity index (χ4v) is 3.86. The molecule has 142 valence electrons. The second kappa shape index (κ2) is 8.13. The van der Waals surface area contributed by atoms with Crippen LogP contribution in [-0.4, -0.2) is 25.0 Å². The molecular weight excluding hydrogens is 441 g/mol. The van der Waals surface area contributed by atoms with Gasteiger partial charge in [0.2, 0.25) is 11.8 Å². The Bertz CT molecular complexity index is 1130. The Balaban J connectivity index is 1.48. The van der Waals surface area contributed by atoms with Crippen molar-refractivity contribution in [1.29, 1.82) is 0 Å². The highest BCUT2D eigenvalue weighted by Gasteiger charge is 2.15. The van der Waals surface area contributed by atoms with Gasteiger partial charge in [0.15, 0.2) is 11.0 Å². The molecule has 2 aromatic heterocycles. The first-order chi connectivity index (χ1) is 13.5. The first kappa shape index (κ1) is 19.3. The minimum absolute atomic E-state index is 0.345. The maximum atomic E-state index is 6.19. The molecule has 4 rings (SSSR count). The van der Waals surface area contributed by atoms with Gasteiger partial charge in [-0.25, -0.2) is 0 Å². The van der Waals surface area contributed by atoms with Crippen LogP contribution in [0.15, 0.2) is 52.0 Å². The van der Waals surface area contributed by atoms with Gasteiger partial charge in [-0.05, 0) is 42.5 Å². The molecule has 0 aliphatic rings. The average Bonchev–Trinajstić information content (AvgIpc) is 3.28. The molecule has 0 spiro atoms. The van der Waals surface area contributed by atoms with E-state index in [0.717, 1.165) is 16.5 Å². The molecule has 0 atom stereocenters. The van der Waals surface area contributed by atoms with Gasteiger partial charge in [-0.1, -0.05) is 46.6 Å². The SMILES string of the molecule is Cn1c(SCc2nnc(-c3ccc(Cl)cc3Cl)o2)nnc1-c1ccc(Cl)cc1. The average molecular weight is 453 g/mol. The highest BCUT2D eigenvalue weighted by atomic mass is 35.5. The Morgan fingerprint density at radius 1 is 0.929 bits per heavy atom. The number of halogens is 3. The molecule has 0 saturated carbocycles. The van der Waals surface area contributed by atoms with Gasteiger partial charge in [-0.3, -0.25) is 0 Å². The summed E-state index contributed by atoms with van der Waals surface area (Å²) in [5.41, 5.74) is 1.57. The zero-order valence-corrected chi connectivity index (χ0v) is 17.5. The first-order valence-corrected chi connectivity index (χ1v) is 10.2. The van der Waals surface area contributed by atoms with Gasteiger partial charge in [0.1, 0.15) is 0 Å². The van der Waals surface area contributed by atoms with Crippen molar-refractivity contribution in [1.82, 2.24) is 25.0 Å². The number of hydrogen-bond acceptors (Lipinski definition) is 6. The summed E-state index contributed by atoms with van der Waals surface area (Å²) >= 11 is 19.5. The largest absolute Gasteiger partial charge is 0.420 e. The Hall–Kier alpha value is -2.06. The lowest BCUT2D eigenvalue weighted by Crippen LogP contribution is -1.95. The van der Waals surface area contributed by atoms with Crippen LogP contribution in [0.3, 0.4) is 0 Å². The smallest absolute Gasteiger partial charge is 0.249 e. The lowest BCUT2D eigenvalue weighted by atomic mass is 10.2. The summed E-state index contributed by atoms with van der Waals surface area (Å²) in [7, 11) is 1.90. The molecule has 0 fully saturated rings. The molecule has 0 radical (unpaired) electrons. The van der Waals surface area contributed by atoms with Crippen LogP contribution in [-0.2, 0) is 12.8 Å². The molecule has 10 heteroatoms. The molecule has 0 bridgehead atoms. The Labute approximate surface area is 179 Å². The second-order valence-corrected chi connectivity index (χ2v) is 8.01. The fraction of sp³-hybridized carbons (Fsp3) is 0.111. The highest BCUT2D eigenvalue weighted by molar-refractivity contribution is 7.98. The van der Waals surface area contributed by atoms with Crippen molar-refractivity contribution in [3.63, 3.8) is 0 Å². The van der Waals surface area contributed by atoms with E-state index in [9.17, 15) is 0 Å². The van der Waals surface area contributed by atoms with Gasteiger partial charge in [-0.2, -0.15) is 0 Å².